The number of benzene rings is 2. The smallest absolute Gasteiger partial charge is 0.293 e. The SMILES string of the molecule is CN(CC(=O)Nc1ccccc1Br)C(=O)c1ccc(N2CCCC2)c([N+](=O)[O-])c1. The Balaban J connectivity index is 1.71. The van der Waals surface area contributed by atoms with Crippen LogP contribution in [-0.4, -0.2) is 48.3 Å². The van der Waals surface area contributed by atoms with Crippen molar-refractivity contribution < 1.29 is 14.5 Å². The molecule has 29 heavy (non-hydrogen) atoms. The third kappa shape index (κ3) is 4.92. The number of nitrogens with zero attached hydrogens (tertiary/aromatic N) is 3. The number of likely N-dealkylation sites (N-methyl/N-ethyl adjacent to an activating group) is 1. The van der Waals surface area contributed by atoms with Gasteiger partial charge in [-0.2, -0.15) is 0 Å². The molecule has 2 aromatic carbocycles. The van der Waals surface area contributed by atoms with E-state index in [1.54, 1.807) is 30.3 Å². The highest BCUT2D eigenvalue weighted by Gasteiger charge is 2.25. The Morgan fingerprint density at radius 3 is 2.55 bits per heavy atom. The van der Waals surface area contributed by atoms with Crippen LogP contribution in [0.1, 0.15) is 23.2 Å². The van der Waals surface area contributed by atoms with Crippen molar-refractivity contribution in [3.63, 3.8) is 0 Å². The highest BCUT2D eigenvalue weighted by molar-refractivity contribution is 9.10. The third-order valence-corrected chi connectivity index (χ3v) is 5.43. The molecule has 0 aliphatic carbocycles. The Morgan fingerprint density at radius 1 is 1.21 bits per heavy atom. The number of anilines is 2. The van der Waals surface area contributed by atoms with Gasteiger partial charge in [0.2, 0.25) is 5.91 Å². The van der Waals surface area contributed by atoms with Crippen molar-refractivity contribution in [2.24, 2.45) is 0 Å². The average molecular weight is 461 g/mol. The van der Waals surface area contributed by atoms with Gasteiger partial charge in [-0.1, -0.05) is 12.1 Å². The molecule has 0 spiro atoms. The largest absolute Gasteiger partial charge is 0.366 e. The fourth-order valence-corrected chi connectivity index (χ4v) is 3.67. The molecular formula is C20H21BrN4O4. The molecule has 0 saturated carbocycles. The van der Waals surface area contributed by atoms with E-state index in [1.165, 1.54) is 18.0 Å². The number of nitro benzene ring substituents is 1. The van der Waals surface area contributed by atoms with Gasteiger partial charge in [0.15, 0.2) is 0 Å². The van der Waals surface area contributed by atoms with Crippen LogP contribution in [0.5, 0.6) is 0 Å². The van der Waals surface area contributed by atoms with Gasteiger partial charge in [-0.05, 0) is 53.0 Å². The quantitative estimate of drug-likeness (QED) is 0.523. The second kappa shape index (κ2) is 9.04. The summed E-state index contributed by atoms with van der Waals surface area (Å²) in [6, 6.07) is 11.6. The summed E-state index contributed by atoms with van der Waals surface area (Å²) in [4.78, 5) is 39.2. The Labute approximate surface area is 176 Å². The molecule has 9 heteroatoms. The number of halogens is 1. The van der Waals surface area contributed by atoms with E-state index in [1.807, 2.05) is 11.0 Å². The number of para-hydroxylation sites is 1. The lowest BCUT2D eigenvalue weighted by atomic mass is 10.1. The van der Waals surface area contributed by atoms with Gasteiger partial charge in [-0.15, -0.1) is 0 Å². The summed E-state index contributed by atoms with van der Waals surface area (Å²) in [6.45, 7) is 1.36. The monoisotopic (exact) mass is 460 g/mol. The van der Waals surface area contributed by atoms with Gasteiger partial charge in [0.25, 0.3) is 11.6 Å². The fraction of sp³-hybridized carbons (Fsp3) is 0.300. The summed E-state index contributed by atoms with van der Waals surface area (Å²) in [6.07, 6.45) is 1.99. The van der Waals surface area contributed by atoms with Gasteiger partial charge in [0.1, 0.15) is 5.69 Å². The normalized spacial score (nSPS) is 13.2. The molecule has 0 atom stereocenters. The van der Waals surface area contributed by atoms with Crippen LogP contribution in [0.4, 0.5) is 17.1 Å². The number of hydrogen-bond acceptors (Lipinski definition) is 5. The van der Waals surface area contributed by atoms with Gasteiger partial charge in [0, 0.05) is 36.2 Å². The first kappa shape index (κ1) is 20.8. The first-order valence-electron chi connectivity index (χ1n) is 9.20. The number of nitro groups is 1. The van der Waals surface area contributed by atoms with Crippen molar-refractivity contribution >= 4 is 44.8 Å². The molecule has 0 unspecified atom stereocenters. The van der Waals surface area contributed by atoms with Gasteiger partial charge in [-0.25, -0.2) is 0 Å². The molecule has 1 heterocycles. The lowest BCUT2D eigenvalue weighted by Gasteiger charge is -2.20. The van der Waals surface area contributed by atoms with Crippen molar-refractivity contribution in [1.29, 1.82) is 0 Å². The van der Waals surface area contributed by atoms with Gasteiger partial charge in [0.05, 0.1) is 17.2 Å². The Bertz CT molecular complexity index is 944. The van der Waals surface area contributed by atoms with Crippen LogP contribution in [0.25, 0.3) is 0 Å². The number of nitrogens with one attached hydrogen (secondary N) is 1. The lowest BCUT2D eigenvalue weighted by molar-refractivity contribution is -0.384. The summed E-state index contributed by atoms with van der Waals surface area (Å²) < 4.78 is 0.732. The standard InChI is InChI=1S/C20H21BrN4O4/c1-23(13-19(26)22-16-7-3-2-6-15(16)21)20(27)14-8-9-17(18(12-14)25(28)29)24-10-4-5-11-24/h2-3,6-9,12H,4-5,10-11,13H2,1H3,(H,22,26). The summed E-state index contributed by atoms with van der Waals surface area (Å²) in [5, 5.41) is 14.3. The van der Waals surface area contributed by atoms with Crippen molar-refractivity contribution in [3.8, 4) is 0 Å². The van der Waals surface area contributed by atoms with Crippen molar-refractivity contribution in [2.75, 3.05) is 36.9 Å². The average Bonchev–Trinajstić information content (AvgIpc) is 3.23. The Morgan fingerprint density at radius 2 is 1.90 bits per heavy atom. The summed E-state index contributed by atoms with van der Waals surface area (Å²) in [5.41, 5.74) is 1.21. The maximum Gasteiger partial charge on any atom is 0.293 e. The van der Waals surface area contributed by atoms with Crippen LogP contribution in [0, 0.1) is 10.1 Å². The first-order valence-corrected chi connectivity index (χ1v) is 9.99. The molecule has 1 fully saturated rings. The van der Waals surface area contributed by atoms with Gasteiger partial charge in [-0.3, -0.25) is 19.7 Å². The number of rotatable bonds is 6. The highest BCUT2D eigenvalue weighted by Crippen LogP contribution is 2.32. The van der Waals surface area contributed by atoms with E-state index in [9.17, 15) is 19.7 Å². The van der Waals surface area contributed by atoms with E-state index < -0.39 is 10.8 Å². The molecule has 2 amide bonds. The Hall–Kier alpha value is -2.94. The molecule has 152 valence electrons. The predicted octanol–water partition coefficient (Wildman–Crippen LogP) is 3.67. The molecule has 1 aliphatic rings. The molecule has 0 bridgehead atoms. The minimum Gasteiger partial charge on any atom is -0.366 e. The molecule has 0 aromatic heterocycles. The second-order valence-electron chi connectivity index (χ2n) is 6.84. The zero-order valence-corrected chi connectivity index (χ0v) is 17.5. The molecule has 0 radical (unpaired) electrons. The van der Waals surface area contributed by atoms with Crippen LogP contribution in [0.15, 0.2) is 46.9 Å². The molecule has 1 saturated heterocycles. The molecule has 8 nitrogen and oxygen atoms in total. The van der Waals surface area contributed by atoms with E-state index in [2.05, 4.69) is 21.2 Å². The van der Waals surface area contributed by atoms with Crippen LogP contribution < -0.4 is 10.2 Å². The number of carbonyl (C=O) groups is 2. The van der Waals surface area contributed by atoms with E-state index >= 15 is 0 Å². The van der Waals surface area contributed by atoms with Crippen LogP contribution in [0.3, 0.4) is 0 Å². The topological polar surface area (TPSA) is 95.8 Å². The van der Waals surface area contributed by atoms with Gasteiger partial charge >= 0.3 is 0 Å². The lowest BCUT2D eigenvalue weighted by Crippen LogP contribution is -2.35. The number of amides is 2. The van der Waals surface area contributed by atoms with E-state index in [0.717, 1.165) is 30.4 Å². The first-order chi connectivity index (χ1) is 13.9. The number of carbonyl (C=O) groups excluding carboxylic acids is 2. The van der Waals surface area contributed by atoms with Crippen molar-refractivity contribution in [3.05, 3.63) is 62.6 Å². The zero-order chi connectivity index (χ0) is 21.0. The van der Waals surface area contributed by atoms with Gasteiger partial charge < -0.3 is 15.1 Å². The molecule has 1 N–H and O–H groups in total. The van der Waals surface area contributed by atoms with Crippen LogP contribution >= 0.6 is 15.9 Å². The second-order valence-corrected chi connectivity index (χ2v) is 7.70. The van der Waals surface area contributed by atoms with Crippen LogP contribution in [-0.2, 0) is 4.79 Å². The summed E-state index contributed by atoms with van der Waals surface area (Å²) in [5.74, 6) is -0.820. The third-order valence-electron chi connectivity index (χ3n) is 4.74. The molecule has 3 rings (SSSR count). The maximum atomic E-state index is 12.7. The zero-order valence-electron chi connectivity index (χ0n) is 15.9. The molecule has 2 aromatic rings. The maximum absolute atomic E-state index is 12.7. The molecular weight excluding hydrogens is 440 g/mol. The van der Waals surface area contributed by atoms with E-state index in [-0.39, 0.29) is 23.7 Å². The van der Waals surface area contributed by atoms with E-state index in [0.29, 0.717) is 11.4 Å². The van der Waals surface area contributed by atoms with E-state index in [4.69, 9.17) is 0 Å². The van der Waals surface area contributed by atoms with Crippen molar-refractivity contribution in [2.45, 2.75) is 12.8 Å². The Kier molecular flexibility index (Phi) is 6.48. The highest BCUT2D eigenvalue weighted by atomic mass is 79.9. The summed E-state index contributed by atoms with van der Waals surface area (Å²) >= 11 is 3.35. The molecule has 1 aliphatic heterocycles. The van der Waals surface area contributed by atoms with Crippen molar-refractivity contribution in [1.82, 2.24) is 4.90 Å². The predicted molar refractivity (Wildman–Crippen MR) is 114 cm³/mol. The number of hydrogen-bond donors (Lipinski definition) is 1. The minimum atomic E-state index is -0.468. The minimum absolute atomic E-state index is 0.0937. The summed E-state index contributed by atoms with van der Waals surface area (Å²) in [7, 11) is 1.49. The van der Waals surface area contributed by atoms with Crippen LogP contribution in [0.2, 0.25) is 0 Å². The fourth-order valence-electron chi connectivity index (χ4n) is 3.29.